The molecule has 262 valence electrons. The molecule has 0 radical (unpaired) electrons. The van der Waals surface area contributed by atoms with Gasteiger partial charge in [0.15, 0.2) is 11.2 Å². The van der Waals surface area contributed by atoms with Gasteiger partial charge < -0.3 is 18.3 Å². The topological polar surface area (TPSA) is 34.5 Å². The highest BCUT2D eigenvalue weighted by molar-refractivity contribution is 6.17. The van der Waals surface area contributed by atoms with E-state index < -0.39 is 0 Å². The SMILES string of the molecule is c1ccc(-n2c3ccccc3c3ccc(-c4ccc(N(c5cccc6c5oc5ccccc56)c5cccc6c5oc5ccccc56)c5ccccc45)cc32)cc1. The first-order valence-corrected chi connectivity index (χ1v) is 19.0. The number of rotatable bonds is 5. The number of anilines is 3. The van der Waals surface area contributed by atoms with Crippen LogP contribution >= 0.6 is 0 Å². The van der Waals surface area contributed by atoms with Gasteiger partial charge in [0.1, 0.15) is 11.2 Å². The molecule has 0 unspecified atom stereocenters. The zero-order valence-corrected chi connectivity index (χ0v) is 30.2. The fourth-order valence-electron chi connectivity index (χ4n) is 8.93. The maximum absolute atomic E-state index is 6.72. The van der Waals surface area contributed by atoms with Crippen molar-refractivity contribution in [2.45, 2.75) is 0 Å². The Bertz CT molecular complexity index is 3380. The van der Waals surface area contributed by atoms with Crippen molar-refractivity contribution in [2.75, 3.05) is 4.90 Å². The number of aromatic nitrogens is 1. The van der Waals surface area contributed by atoms with Crippen LogP contribution in [0.15, 0.2) is 203 Å². The Labute approximate surface area is 321 Å². The van der Waals surface area contributed by atoms with Crippen molar-refractivity contribution >= 4 is 93.5 Å². The van der Waals surface area contributed by atoms with E-state index in [0.29, 0.717) is 0 Å². The third kappa shape index (κ3) is 4.47. The smallest absolute Gasteiger partial charge is 0.159 e. The van der Waals surface area contributed by atoms with Gasteiger partial charge >= 0.3 is 0 Å². The Balaban J connectivity index is 1.13. The van der Waals surface area contributed by atoms with Gasteiger partial charge in [0, 0.05) is 43.4 Å². The Kier molecular flexibility index (Phi) is 6.60. The summed E-state index contributed by atoms with van der Waals surface area (Å²) in [6, 6.07) is 68.9. The van der Waals surface area contributed by atoms with Gasteiger partial charge in [-0.25, -0.2) is 0 Å². The number of furan rings is 2. The van der Waals surface area contributed by atoms with E-state index in [-0.39, 0.29) is 0 Å². The lowest BCUT2D eigenvalue weighted by atomic mass is 9.95. The van der Waals surface area contributed by atoms with Gasteiger partial charge in [0.25, 0.3) is 0 Å². The summed E-state index contributed by atoms with van der Waals surface area (Å²) in [4.78, 5) is 2.33. The molecule has 0 atom stereocenters. The number of benzene rings is 9. The molecule has 0 aliphatic rings. The van der Waals surface area contributed by atoms with Crippen molar-refractivity contribution in [2.24, 2.45) is 0 Å². The van der Waals surface area contributed by atoms with E-state index in [1.807, 2.05) is 24.3 Å². The average Bonchev–Trinajstić information content (AvgIpc) is 3.94. The molecule has 0 amide bonds. The normalized spacial score (nSPS) is 11.9. The van der Waals surface area contributed by atoms with Crippen molar-refractivity contribution < 1.29 is 8.83 Å². The summed E-state index contributed by atoms with van der Waals surface area (Å²) in [5.74, 6) is 0. The van der Waals surface area contributed by atoms with Crippen LogP contribution in [-0.4, -0.2) is 4.57 Å². The Morgan fingerprint density at radius 1 is 0.339 bits per heavy atom. The van der Waals surface area contributed by atoms with Crippen LogP contribution in [0.1, 0.15) is 0 Å². The first-order valence-electron chi connectivity index (χ1n) is 19.0. The number of nitrogens with zero attached hydrogens (tertiary/aromatic N) is 2. The van der Waals surface area contributed by atoms with Gasteiger partial charge in [-0.3, -0.25) is 0 Å². The van der Waals surface area contributed by atoms with Gasteiger partial charge in [-0.15, -0.1) is 0 Å². The van der Waals surface area contributed by atoms with Crippen LogP contribution in [0.3, 0.4) is 0 Å². The highest BCUT2D eigenvalue weighted by atomic mass is 16.3. The average molecular weight is 717 g/mol. The largest absolute Gasteiger partial charge is 0.454 e. The van der Waals surface area contributed by atoms with Crippen molar-refractivity contribution in [1.29, 1.82) is 0 Å². The Hall–Kier alpha value is -7.56. The zero-order valence-electron chi connectivity index (χ0n) is 30.2. The van der Waals surface area contributed by atoms with Crippen LogP contribution in [0, 0.1) is 0 Å². The number of fused-ring (bicyclic) bond motifs is 10. The number of para-hydroxylation sites is 6. The fraction of sp³-hybridized carbons (Fsp3) is 0. The molecule has 0 N–H and O–H groups in total. The predicted octanol–water partition coefficient (Wildman–Crippen LogP) is 14.9. The summed E-state index contributed by atoms with van der Waals surface area (Å²) in [7, 11) is 0. The minimum Gasteiger partial charge on any atom is -0.454 e. The maximum atomic E-state index is 6.72. The van der Waals surface area contributed by atoms with Crippen LogP contribution in [0.2, 0.25) is 0 Å². The Morgan fingerprint density at radius 2 is 0.875 bits per heavy atom. The Morgan fingerprint density at radius 3 is 1.55 bits per heavy atom. The molecule has 12 aromatic rings. The lowest BCUT2D eigenvalue weighted by Gasteiger charge is -2.27. The van der Waals surface area contributed by atoms with Crippen LogP contribution < -0.4 is 4.90 Å². The summed E-state index contributed by atoms with van der Waals surface area (Å²) < 4.78 is 15.8. The van der Waals surface area contributed by atoms with E-state index >= 15 is 0 Å². The summed E-state index contributed by atoms with van der Waals surface area (Å²) in [6.45, 7) is 0. The fourth-order valence-corrected chi connectivity index (χ4v) is 8.93. The molecule has 3 heterocycles. The highest BCUT2D eigenvalue weighted by Crippen LogP contribution is 2.49. The molecule has 0 fully saturated rings. The van der Waals surface area contributed by atoms with Gasteiger partial charge in [-0.05, 0) is 71.1 Å². The molecule has 4 nitrogen and oxygen atoms in total. The maximum Gasteiger partial charge on any atom is 0.159 e. The first kappa shape index (κ1) is 30.9. The minimum atomic E-state index is 0.828. The number of hydrogen-bond acceptors (Lipinski definition) is 3. The molecular formula is C52H32N2O2. The molecular weight excluding hydrogens is 685 g/mol. The molecule has 12 rings (SSSR count). The van der Waals surface area contributed by atoms with E-state index in [1.54, 1.807) is 0 Å². The van der Waals surface area contributed by atoms with E-state index in [2.05, 4.69) is 179 Å². The van der Waals surface area contributed by atoms with Crippen LogP contribution in [0.5, 0.6) is 0 Å². The van der Waals surface area contributed by atoms with E-state index in [1.165, 1.54) is 27.4 Å². The number of hydrogen-bond donors (Lipinski definition) is 0. The van der Waals surface area contributed by atoms with E-state index in [0.717, 1.165) is 83.0 Å². The van der Waals surface area contributed by atoms with Gasteiger partial charge in [-0.2, -0.15) is 0 Å². The van der Waals surface area contributed by atoms with Crippen LogP contribution in [-0.2, 0) is 0 Å². The molecule has 0 aliphatic carbocycles. The van der Waals surface area contributed by atoms with Crippen LogP contribution in [0.25, 0.3) is 93.3 Å². The third-order valence-electron chi connectivity index (χ3n) is 11.4. The molecule has 56 heavy (non-hydrogen) atoms. The summed E-state index contributed by atoms with van der Waals surface area (Å²) in [5, 5.41) is 9.09. The second-order valence-electron chi connectivity index (χ2n) is 14.4. The van der Waals surface area contributed by atoms with E-state index in [4.69, 9.17) is 8.83 Å². The van der Waals surface area contributed by atoms with Crippen molar-refractivity contribution in [3.05, 3.63) is 194 Å². The van der Waals surface area contributed by atoms with Gasteiger partial charge in [0.2, 0.25) is 0 Å². The first-order chi connectivity index (χ1) is 27.8. The zero-order chi connectivity index (χ0) is 36.7. The minimum absolute atomic E-state index is 0.828. The summed E-state index contributed by atoms with van der Waals surface area (Å²) >= 11 is 0. The van der Waals surface area contributed by atoms with Gasteiger partial charge in [-0.1, -0.05) is 140 Å². The van der Waals surface area contributed by atoms with Gasteiger partial charge in [0.05, 0.1) is 28.1 Å². The van der Waals surface area contributed by atoms with Crippen LogP contribution in [0.4, 0.5) is 17.1 Å². The quantitative estimate of drug-likeness (QED) is 0.178. The molecule has 0 aliphatic heterocycles. The lowest BCUT2D eigenvalue weighted by Crippen LogP contribution is -2.11. The molecule has 0 spiro atoms. The van der Waals surface area contributed by atoms with Crippen molar-refractivity contribution in [1.82, 2.24) is 4.57 Å². The monoisotopic (exact) mass is 716 g/mol. The second-order valence-corrected chi connectivity index (χ2v) is 14.4. The molecule has 9 aromatic carbocycles. The molecule has 0 bridgehead atoms. The molecule has 4 heteroatoms. The highest BCUT2D eigenvalue weighted by Gasteiger charge is 2.25. The standard InChI is InChI=1S/C52H32N2O2/c1-2-14-34(15-3-1)53-44-23-9-6-18-38(44)39-29-28-33(32-48(39)53)35-30-31-45(37-17-5-4-16-36(35)37)54(46-24-12-21-42-40-19-7-10-26-49(40)55-51(42)46)47-25-13-22-43-41-20-8-11-27-50(41)56-52(43)47/h1-32H. The summed E-state index contributed by atoms with van der Waals surface area (Å²) in [6.07, 6.45) is 0. The second kappa shape index (κ2) is 12.0. The van der Waals surface area contributed by atoms with Crippen molar-refractivity contribution in [3.8, 4) is 16.8 Å². The summed E-state index contributed by atoms with van der Waals surface area (Å²) in [5.41, 5.74) is 12.1. The molecule has 0 saturated carbocycles. The molecule has 0 saturated heterocycles. The van der Waals surface area contributed by atoms with Crippen molar-refractivity contribution in [3.63, 3.8) is 0 Å². The lowest BCUT2D eigenvalue weighted by molar-refractivity contribution is 0.666. The van der Waals surface area contributed by atoms with E-state index in [9.17, 15) is 0 Å². The third-order valence-corrected chi connectivity index (χ3v) is 11.4. The predicted molar refractivity (Wildman–Crippen MR) is 233 cm³/mol. The molecule has 3 aromatic heterocycles.